The van der Waals surface area contributed by atoms with Gasteiger partial charge in [-0.3, -0.25) is 4.79 Å². The lowest BCUT2D eigenvalue weighted by Gasteiger charge is -2.26. The first-order valence-electron chi connectivity index (χ1n) is 9.02. The second kappa shape index (κ2) is 8.95. The van der Waals surface area contributed by atoms with Gasteiger partial charge in [0.05, 0.1) is 24.8 Å². The number of ether oxygens (including phenoxy) is 2. The van der Waals surface area contributed by atoms with Crippen molar-refractivity contribution in [2.45, 2.75) is 25.8 Å². The minimum absolute atomic E-state index is 0.00413. The number of rotatable bonds is 6. The summed E-state index contributed by atoms with van der Waals surface area (Å²) in [4.78, 5) is 18.8. The van der Waals surface area contributed by atoms with Gasteiger partial charge in [0, 0.05) is 25.8 Å². The van der Waals surface area contributed by atoms with E-state index in [2.05, 4.69) is 10.3 Å². The molecule has 1 aromatic heterocycles. The zero-order chi connectivity index (χ0) is 19.2. The lowest BCUT2D eigenvalue weighted by atomic mass is 10.1. The van der Waals surface area contributed by atoms with Gasteiger partial charge in [0.1, 0.15) is 5.82 Å². The summed E-state index contributed by atoms with van der Waals surface area (Å²) in [7, 11) is 3.21. The van der Waals surface area contributed by atoms with E-state index in [0.29, 0.717) is 34.4 Å². The zero-order valence-corrected chi connectivity index (χ0v) is 16.4. The Hall–Kier alpha value is -2.47. The smallest absolute Gasteiger partial charge is 0.255 e. The number of nitrogens with zero attached hydrogens (tertiary/aromatic N) is 2. The van der Waals surface area contributed by atoms with Crippen LogP contribution in [-0.4, -0.2) is 43.1 Å². The van der Waals surface area contributed by atoms with Crippen LogP contribution in [-0.2, 0) is 6.54 Å². The number of hydrogen-bond donors (Lipinski definition) is 1. The highest BCUT2D eigenvalue weighted by atomic mass is 35.5. The molecule has 3 rings (SSSR count). The molecule has 1 N–H and O–H groups in total. The highest BCUT2D eigenvalue weighted by Gasteiger charge is 2.19. The molecule has 1 aliphatic heterocycles. The fraction of sp³-hybridized carbons (Fsp3) is 0.400. The van der Waals surface area contributed by atoms with Gasteiger partial charge in [-0.2, -0.15) is 0 Å². The lowest BCUT2D eigenvalue weighted by Crippen LogP contribution is -2.35. The van der Waals surface area contributed by atoms with Gasteiger partial charge in [0.15, 0.2) is 11.5 Å². The molecule has 0 saturated carbocycles. The van der Waals surface area contributed by atoms with Gasteiger partial charge in [0.25, 0.3) is 5.91 Å². The number of halogens is 1. The van der Waals surface area contributed by atoms with E-state index in [9.17, 15) is 4.79 Å². The molecule has 1 aliphatic rings. The van der Waals surface area contributed by atoms with Gasteiger partial charge in [-0.1, -0.05) is 17.7 Å². The number of carbonyl (C=O) groups is 1. The number of pyridine rings is 1. The normalized spacial score (nSPS) is 14.0. The molecular formula is C20H24ClN3O3. The maximum absolute atomic E-state index is 12.6. The van der Waals surface area contributed by atoms with Gasteiger partial charge in [-0.15, -0.1) is 0 Å². The Morgan fingerprint density at radius 3 is 2.56 bits per heavy atom. The van der Waals surface area contributed by atoms with Crippen molar-refractivity contribution in [1.82, 2.24) is 9.88 Å². The average Bonchev–Trinajstić information content (AvgIpc) is 2.72. The number of piperidine rings is 1. The predicted molar refractivity (Wildman–Crippen MR) is 106 cm³/mol. The summed E-state index contributed by atoms with van der Waals surface area (Å²) >= 11 is 6.34. The largest absolute Gasteiger partial charge is 0.493 e. The van der Waals surface area contributed by atoms with Crippen molar-refractivity contribution in [2.24, 2.45) is 0 Å². The topological polar surface area (TPSA) is 63.7 Å². The van der Waals surface area contributed by atoms with Crippen LogP contribution in [0.2, 0.25) is 5.02 Å². The standard InChI is InChI=1S/C20H24ClN3O3/c1-26-17-7-6-14(10-18(17)27-2)12-22-19-16(21)11-15(13-23-19)20(25)24-8-4-3-5-9-24/h6-7,10-11,13H,3-5,8-9,12H2,1-2H3,(H,22,23). The number of hydrogen-bond acceptors (Lipinski definition) is 5. The summed E-state index contributed by atoms with van der Waals surface area (Å²) in [6.45, 7) is 2.12. The predicted octanol–water partition coefficient (Wildman–Crippen LogP) is 3.99. The molecule has 1 saturated heterocycles. The van der Waals surface area contributed by atoms with Gasteiger partial charge in [-0.25, -0.2) is 4.98 Å². The van der Waals surface area contributed by atoms with Gasteiger partial charge in [0.2, 0.25) is 0 Å². The van der Waals surface area contributed by atoms with Crippen LogP contribution in [0.3, 0.4) is 0 Å². The van der Waals surface area contributed by atoms with Crippen molar-refractivity contribution in [2.75, 3.05) is 32.6 Å². The number of methoxy groups -OCH3 is 2. The van der Waals surface area contributed by atoms with Crippen LogP contribution >= 0.6 is 11.6 Å². The average molecular weight is 390 g/mol. The Morgan fingerprint density at radius 2 is 1.89 bits per heavy atom. The van der Waals surface area contributed by atoms with Gasteiger partial charge in [-0.05, 0) is 43.0 Å². The van der Waals surface area contributed by atoms with Crippen molar-refractivity contribution in [3.63, 3.8) is 0 Å². The molecule has 6 nitrogen and oxygen atoms in total. The summed E-state index contributed by atoms with van der Waals surface area (Å²) in [6.07, 6.45) is 4.87. The van der Waals surface area contributed by atoms with Crippen molar-refractivity contribution >= 4 is 23.3 Å². The molecule has 144 valence electrons. The molecule has 2 heterocycles. The first-order valence-corrected chi connectivity index (χ1v) is 9.39. The fourth-order valence-electron chi connectivity index (χ4n) is 3.14. The number of benzene rings is 1. The van der Waals surface area contributed by atoms with Crippen LogP contribution in [0.4, 0.5) is 5.82 Å². The van der Waals surface area contributed by atoms with Crippen molar-refractivity contribution in [1.29, 1.82) is 0 Å². The third-order valence-corrected chi connectivity index (χ3v) is 4.93. The van der Waals surface area contributed by atoms with E-state index in [0.717, 1.165) is 31.5 Å². The molecule has 0 bridgehead atoms. The molecule has 27 heavy (non-hydrogen) atoms. The molecule has 2 aromatic rings. The minimum Gasteiger partial charge on any atom is -0.493 e. The third-order valence-electron chi connectivity index (χ3n) is 4.64. The molecule has 1 amide bonds. The van der Waals surface area contributed by atoms with Crippen molar-refractivity contribution < 1.29 is 14.3 Å². The van der Waals surface area contributed by atoms with E-state index in [-0.39, 0.29) is 5.91 Å². The van der Waals surface area contributed by atoms with E-state index in [1.165, 1.54) is 6.42 Å². The van der Waals surface area contributed by atoms with Crippen molar-refractivity contribution in [3.05, 3.63) is 46.6 Å². The second-order valence-corrected chi connectivity index (χ2v) is 6.86. The molecule has 0 aliphatic carbocycles. The second-order valence-electron chi connectivity index (χ2n) is 6.45. The summed E-state index contributed by atoms with van der Waals surface area (Å²) in [5, 5.41) is 3.63. The number of nitrogens with one attached hydrogen (secondary N) is 1. The van der Waals surface area contributed by atoms with Gasteiger partial charge >= 0.3 is 0 Å². The first kappa shape index (κ1) is 19.3. The lowest BCUT2D eigenvalue weighted by molar-refractivity contribution is 0.0724. The Morgan fingerprint density at radius 1 is 1.15 bits per heavy atom. The molecule has 7 heteroatoms. The Kier molecular flexibility index (Phi) is 6.40. The van der Waals surface area contributed by atoms with Crippen LogP contribution in [0.1, 0.15) is 35.2 Å². The van der Waals surface area contributed by atoms with E-state index >= 15 is 0 Å². The highest BCUT2D eigenvalue weighted by molar-refractivity contribution is 6.33. The van der Waals surface area contributed by atoms with Crippen LogP contribution < -0.4 is 14.8 Å². The molecular weight excluding hydrogens is 366 g/mol. The Balaban J connectivity index is 1.66. The molecule has 0 spiro atoms. The van der Waals surface area contributed by atoms with E-state index in [1.54, 1.807) is 26.5 Å². The summed E-state index contributed by atoms with van der Waals surface area (Å²) in [6, 6.07) is 7.37. The maximum atomic E-state index is 12.6. The molecule has 0 unspecified atom stereocenters. The number of carbonyl (C=O) groups excluding carboxylic acids is 1. The number of aromatic nitrogens is 1. The van der Waals surface area contributed by atoms with Crippen LogP contribution in [0.15, 0.2) is 30.5 Å². The Labute approximate surface area is 164 Å². The third kappa shape index (κ3) is 4.63. The number of likely N-dealkylation sites (tertiary alicyclic amines) is 1. The highest BCUT2D eigenvalue weighted by Crippen LogP contribution is 2.28. The van der Waals surface area contributed by atoms with E-state index in [4.69, 9.17) is 21.1 Å². The van der Waals surface area contributed by atoms with E-state index < -0.39 is 0 Å². The monoisotopic (exact) mass is 389 g/mol. The van der Waals surface area contributed by atoms with Crippen LogP contribution in [0, 0.1) is 0 Å². The summed E-state index contributed by atoms with van der Waals surface area (Å²) < 4.78 is 10.6. The zero-order valence-electron chi connectivity index (χ0n) is 15.6. The minimum atomic E-state index is -0.00413. The first-order chi connectivity index (χ1) is 13.1. The quantitative estimate of drug-likeness (QED) is 0.809. The molecule has 0 radical (unpaired) electrons. The van der Waals surface area contributed by atoms with Crippen molar-refractivity contribution in [3.8, 4) is 11.5 Å². The molecule has 0 atom stereocenters. The van der Waals surface area contributed by atoms with E-state index in [1.807, 2.05) is 23.1 Å². The molecule has 1 aromatic carbocycles. The molecule has 1 fully saturated rings. The summed E-state index contributed by atoms with van der Waals surface area (Å²) in [5.74, 6) is 1.88. The summed E-state index contributed by atoms with van der Waals surface area (Å²) in [5.41, 5.74) is 1.53. The van der Waals surface area contributed by atoms with Gasteiger partial charge < -0.3 is 19.7 Å². The Bertz CT molecular complexity index is 807. The van der Waals surface area contributed by atoms with Crippen LogP contribution in [0.5, 0.6) is 11.5 Å². The number of anilines is 1. The fourth-order valence-corrected chi connectivity index (χ4v) is 3.37. The SMILES string of the molecule is COc1ccc(CNc2ncc(C(=O)N3CCCCC3)cc2Cl)cc1OC. The van der Waals surface area contributed by atoms with Crippen LogP contribution in [0.25, 0.3) is 0 Å². The maximum Gasteiger partial charge on any atom is 0.255 e. The number of amides is 1.